The number of hydrogen-bond acceptors (Lipinski definition) is 1. The number of rotatable bonds is 8. The molecular weight excluding hydrogens is 232 g/mol. The molecule has 19 heavy (non-hydrogen) atoms. The van der Waals surface area contributed by atoms with Crippen LogP contribution in [0.15, 0.2) is 0 Å². The summed E-state index contributed by atoms with van der Waals surface area (Å²) in [4.78, 5) is 0. The van der Waals surface area contributed by atoms with Crippen molar-refractivity contribution in [3.05, 3.63) is 0 Å². The van der Waals surface area contributed by atoms with E-state index in [9.17, 15) is 0 Å². The van der Waals surface area contributed by atoms with E-state index in [0.29, 0.717) is 12.2 Å². The SMILES string of the molecule is CCC#CC[C@H]1O[C@H]1CC#CCCCCCCCC. The molecule has 0 aromatic heterocycles. The Kier molecular flexibility index (Phi) is 9.30. The molecule has 0 bridgehead atoms. The van der Waals surface area contributed by atoms with Crippen molar-refractivity contribution in [1.29, 1.82) is 0 Å². The zero-order chi connectivity index (χ0) is 13.8. The van der Waals surface area contributed by atoms with Crippen LogP contribution in [0.1, 0.15) is 78.1 Å². The summed E-state index contributed by atoms with van der Waals surface area (Å²) in [5.74, 6) is 12.7. The van der Waals surface area contributed by atoms with Gasteiger partial charge in [0.15, 0.2) is 0 Å². The van der Waals surface area contributed by atoms with Gasteiger partial charge in [-0.3, -0.25) is 0 Å². The summed E-state index contributed by atoms with van der Waals surface area (Å²) >= 11 is 0. The minimum Gasteiger partial charge on any atom is -0.368 e. The van der Waals surface area contributed by atoms with Gasteiger partial charge in [0.25, 0.3) is 0 Å². The van der Waals surface area contributed by atoms with E-state index in [4.69, 9.17) is 4.74 Å². The molecule has 0 amide bonds. The van der Waals surface area contributed by atoms with Crippen molar-refractivity contribution >= 4 is 0 Å². The smallest absolute Gasteiger partial charge is 0.0960 e. The van der Waals surface area contributed by atoms with Crippen molar-refractivity contribution in [1.82, 2.24) is 0 Å². The molecule has 0 aromatic carbocycles. The fourth-order valence-electron chi connectivity index (χ4n) is 2.09. The molecule has 0 aliphatic carbocycles. The van der Waals surface area contributed by atoms with E-state index in [-0.39, 0.29) is 0 Å². The van der Waals surface area contributed by atoms with Gasteiger partial charge >= 0.3 is 0 Å². The average molecular weight is 260 g/mol. The lowest BCUT2D eigenvalue weighted by Crippen LogP contribution is -1.90. The van der Waals surface area contributed by atoms with Crippen LogP contribution in [-0.2, 0) is 4.74 Å². The first-order valence-electron chi connectivity index (χ1n) is 7.95. The van der Waals surface area contributed by atoms with Crippen LogP contribution in [-0.4, -0.2) is 12.2 Å². The third-order valence-electron chi connectivity index (χ3n) is 3.38. The van der Waals surface area contributed by atoms with Crippen molar-refractivity contribution < 1.29 is 4.74 Å². The molecular formula is C18H28O. The first kappa shape index (κ1) is 16.1. The molecule has 1 heteroatoms. The van der Waals surface area contributed by atoms with Gasteiger partial charge in [-0.15, -0.1) is 23.7 Å². The third-order valence-corrected chi connectivity index (χ3v) is 3.38. The molecule has 0 aromatic rings. The van der Waals surface area contributed by atoms with Gasteiger partial charge in [-0.1, -0.05) is 46.0 Å². The first-order chi connectivity index (χ1) is 9.38. The van der Waals surface area contributed by atoms with Gasteiger partial charge < -0.3 is 4.74 Å². The lowest BCUT2D eigenvalue weighted by molar-refractivity contribution is 0.374. The van der Waals surface area contributed by atoms with Crippen molar-refractivity contribution in [3.8, 4) is 23.7 Å². The minimum absolute atomic E-state index is 0.363. The fourth-order valence-corrected chi connectivity index (χ4v) is 2.09. The largest absolute Gasteiger partial charge is 0.368 e. The van der Waals surface area contributed by atoms with Crippen LogP contribution >= 0.6 is 0 Å². The summed E-state index contributed by atoms with van der Waals surface area (Å²) in [6.45, 7) is 4.33. The third kappa shape index (κ3) is 8.74. The molecule has 1 nitrogen and oxygen atoms in total. The molecule has 2 atom stereocenters. The predicted molar refractivity (Wildman–Crippen MR) is 81.7 cm³/mol. The molecule has 1 aliphatic rings. The monoisotopic (exact) mass is 260 g/mol. The van der Waals surface area contributed by atoms with Gasteiger partial charge in [0.2, 0.25) is 0 Å². The van der Waals surface area contributed by atoms with Crippen LogP contribution < -0.4 is 0 Å². The summed E-state index contributed by atoms with van der Waals surface area (Å²) in [6.07, 6.45) is 12.6. The van der Waals surface area contributed by atoms with Crippen LogP contribution in [0.4, 0.5) is 0 Å². The Labute approximate surface area is 119 Å². The molecule has 0 spiro atoms. The van der Waals surface area contributed by atoms with Crippen LogP contribution in [0.2, 0.25) is 0 Å². The fraction of sp³-hybridized carbons (Fsp3) is 0.778. The molecule has 1 heterocycles. The van der Waals surface area contributed by atoms with E-state index in [2.05, 4.69) is 37.5 Å². The maximum absolute atomic E-state index is 5.53. The van der Waals surface area contributed by atoms with E-state index in [1.165, 1.54) is 38.5 Å². The lowest BCUT2D eigenvalue weighted by atomic mass is 10.1. The summed E-state index contributed by atoms with van der Waals surface area (Å²) in [5.41, 5.74) is 0. The quantitative estimate of drug-likeness (QED) is 0.350. The number of epoxide rings is 1. The molecule has 1 saturated heterocycles. The molecule has 0 N–H and O–H groups in total. The summed E-state index contributed by atoms with van der Waals surface area (Å²) in [6, 6.07) is 0. The Balaban J connectivity index is 1.90. The highest BCUT2D eigenvalue weighted by atomic mass is 16.6. The maximum atomic E-state index is 5.53. The van der Waals surface area contributed by atoms with Gasteiger partial charge in [0, 0.05) is 25.7 Å². The second kappa shape index (κ2) is 11.0. The van der Waals surface area contributed by atoms with E-state index in [0.717, 1.165) is 25.7 Å². The van der Waals surface area contributed by atoms with Crippen molar-refractivity contribution in [2.24, 2.45) is 0 Å². The van der Waals surface area contributed by atoms with E-state index in [1.807, 2.05) is 0 Å². The van der Waals surface area contributed by atoms with Gasteiger partial charge in [-0.2, -0.15) is 0 Å². The van der Waals surface area contributed by atoms with Crippen molar-refractivity contribution in [2.45, 2.75) is 90.3 Å². The number of ether oxygens (including phenoxy) is 1. The Bertz CT molecular complexity index is 336. The highest BCUT2D eigenvalue weighted by molar-refractivity contribution is 5.08. The van der Waals surface area contributed by atoms with Crippen molar-refractivity contribution in [3.63, 3.8) is 0 Å². The maximum Gasteiger partial charge on any atom is 0.0960 e. The van der Waals surface area contributed by atoms with E-state index < -0.39 is 0 Å². The van der Waals surface area contributed by atoms with Gasteiger partial charge in [-0.05, 0) is 6.42 Å². The van der Waals surface area contributed by atoms with Crippen LogP contribution in [0, 0.1) is 23.7 Å². The van der Waals surface area contributed by atoms with Gasteiger partial charge in [0.05, 0.1) is 12.2 Å². The lowest BCUT2D eigenvalue weighted by Gasteiger charge is -1.96. The minimum atomic E-state index is 0.363. The second-order valence-corrected chi connectivity index (χ2v) is 5.20. The summed E-state index contributed by atoms with van der Waals surface area (Å²) in [7, 11) is 0. The molecule has 0 unspecified atom stereocenters. The first-order valence-corrected chi connectivity index (χ1v) is 7.95. The summed E-state index contributed by atoms with van der Waals surface area (Å²) < 4.78 is 5.53. The highest BCUT2D eigenvalue weighted by Gasteiger charge is 2.36. The van der Waals surface area contributed by atoms with E-state index in [1.54, 1.807) is 0 Å². The molecule has 1 fully saturated rings. The van der Waals surface area contributed by atoms with Crippen LogP contribution in [0.5, 0.6) is 0 Å². The van der Waals surface area contributed by atoms with Gasteiger partial charge in [-0.25, -0.2) is 0 Å². The molecule has 0 saturated carbocycles. The van der Waals surface area contributed by atoms with E-state index >= 15 is 0 Å². The number of hydrogen-bond donors (Lipinski definition) is 0. The standard InChI is InChI=1S/C18H28O/c1-3-5-7-8-9-10-11-12-14-16-18-17(19-18)15-13-6-4-2/h17-18H,3-5,7-11,15-16H2,1-2H3/t17-,18+/m1/s1. The highest BCUT2D eigenvalue weighted by Crippen LogP contribution is 2.27. The Morgan fingerprint density at radius 1 is 0.737 bits per heavy atom. The van der Waals surface area contributed by atoms with Crippen LogP contribution in [0.25, 0.3) is 0 Å². The van der Waals surface area contributed by atoms with Gasteiger partial charge in [0.1, 0.15) is 0 Å². The zero-order valence-corrected chi connectivity index (χ0v) is 12.6. The Hall–Kier alpha value is -0.920. The Morgan fingerprint density at radius 2 is 1.37 bits per heavy atom. The zero-order valence-electron chi connectivity index (χ0n) is 12.6. The molecule has 106 valence electrons. The number of unbranched alkanes of at least 4 members (excludes halogenated alkanes) is 6. The summed E-state index contributed by atoms with van der Waals surface area (Å²) in [5, 5.41) is 0. The molecule has 0 radical (unpaired) electrons. The van der Waals surface area contributed by atoms with Crippen LogP contribution in [0.3, 0.4) is 0 Å². The Morgan fingerprint density at radius 3 is 2.05 bits per heavy atom. The molecule has 1 rings (SSSR count). The van der Waals surface area contributed by atoms with Crippen molar-refractivity contribution in [2.75, 3.05) is 0 Å². The molecule has 1 aliphatic heterocycles. The second-order valence-electron chi connectivity index (χ2n) is 5.20. The topological polar surface area (TPSA) is 12.5 Å². The predicted octanol–water partition coefficient (Wildman–Crippen LogP) is 4.70. The average Bonchev–Trinajstić information content (AvgIpc) is 3.16. The normalized spacial score (nSPS) is 20.1.